The van der Waals surface area contributed by atoms with Crippen molar-refractivity contribution in [3.05, 3.63) is 0 Å². The molecule has 1 N–H and O–H groups in total. The Morgan fingerprint density at radius 2 is 1.80 bits per heavy atom. The summed E-state index contributed by atoms with van der Waals surface area (Å²) in [4.78, 5) is 0. The molecule has 88 valence electrons. The van der Waals surface area contributed by atoms with Gasteiger partial charge in [0.05, 0.1) is 11.9 Å². The van der Waals surface area contributed by atoms with E-state index in [0.29, 0.717) is 12.3 Å². The first-order chi connectivity index (χ1) is 6.99. The maximum Gasteiger partial charge on any atom is 0.214 e. The van der Waals surface area contributed by atoms with Crippen LogP contribution in [0.1, 0.15) is 32.6 Å². The van der Waals surface area contributed by atoms with Crippen molar-refractivity contribution in [1.82, 2.24) is 4.31 Å². The normalized spacial score (nSPS) is 41.9. The lowest BCUT2D eigenvalue weighted by Crippen LogP contribution is -2.40. The zero-order chi connectivity index (χ0) is 11.1. The Kier molecular flexibility index (Phi) is 3.05. The van der Waals surface area contributed by atoms with Gasteiger partial charge in [-0.3, -0.25) is 0 Å². The van der Waals surface area contributed by atoms with E-state index in [1.807, 2.05) is 6.92 Å². The van der Waals surface area contributed by atoms with Crippen molar-refractivity contribution in [2.24, 2.45) is 5.92 Å². The molecule has 2 rings (SSSR count). The van der Waals surface area contributed by atoms with Crippen LogP contribution in [0.4, 0.5) is 0 Å². The van der Waals surface area contributed by atoms with E-state index in [1.165, 1.54) is 0 Å². The highest BCUT2D eigenvalue weighted by Gasteiger charge is 2.39. The second kappa shape index (κ2) is 4.03. The lowest BCUT2D eigenvalue weighted by molar-refractivity contribution is 0.100. The third-order valence-electron chi connectivity index (χ3n) is 3.42. The number of nitrogens with zero attached hydrogens (tertiary/aromatic N) is 1. The van der Waals surface area contributed by atoms with Crippen LogP contribution in [0, 0.1) is 5.92 Å². The summed E-state index contributed by atoms with van der Waals surface area (Å²) >= 11 is 0. The summed E-state index contributed by atoms with van der Waals surface area (Å²) in [5.41, 5.74) is 0. The summed E-state index contributed by atoms with van der Waals surface area (Å²) in [7, 11) is -3.00. The van der Waals surface area contributed by atoms with Crippen LogP contribution in [0.2, 0.25) is 0 Å². The number of rotatable bonds is 1. The van der Waals surface area contributed by atoms with Gasteiger partial charge in [0.2, 0.25) is 10.0 Å². The first-order valence-corrected chi connectivity index (χ1v) is 7.27. The summed E-state index contributed by atoms with van der Waals surface area (Å²) in [5.74, 6) is 0.549. The molecule has 1 heterocycles. The third kappa shape index (κ3) is 2.34. The molecule has 0 bridgehead atoms. The summed E-state index contributed by atoms with van der Waals surface area (Å²) in [6.45, 7) is 2.65. The van der Waals surface area contributed by atoms with E-state index in [2.05, 4.69) is 0 Å². The van der Waals surface area contributed by atoms with E-state index >= 15 is 0 Å². The van der Waals surface area contributed by atoms with Gasteiger partial charge in [-0.05, 0) is 31.6 Å². The molecule has 1 aliphatic heterocycles. The Labute approximate surface area is 91.3 Å². The van der Waals surface area contributed by atoms with E-state index < -0.39 is 10.0 Å². The largest absolute Gasteiger partial charge is 0.393 e. The number of hydrogen-bond donors (Lipinski definition) is 1. The number of sulfonamides is 1. The van der Waals surface area contributed by atoms with Crippen molar-refractivity contribution in [3.8, 4) is 0 Å². The van der Waals surface area contributed by atoms with Gasteiger partial charge in [-0.25, -0.2) is 8.42 Å². The topological polar surface area (TPSA) is 57.6 Å². The first-order valence-electron chi connectivity index (χ1n) is 5.66. The highest BCUT2D eigenvalue weighted by Crippen LogP contribution is 2.30. The fourth-order valence-electron chi connectivity index (χ4n) is 2.65. The fourth-order valence-corrected chi connectivity index (χ4v) is 4.81. The van der Waals surface area contributed by atoms with Gasteiger partial charge in [0.1, 0.15) is 0 Å². The van der Waals surface area contributed by atoms with Gasteiger partial charge in [-0.2, -0.15) is 4.31 Å². The highest BCUT2D eigenvalue weighted by atomic mass is 32.2. The standard InChI is InChI=1S/C10H19NO3S/c1-8-6-11(15(13,14)7-8)9-2-4-10(12)5-3-9/h8-10,12H,2-7H2,1H3. The first kappa shape index (κ1) is 11.4. The summed E-state index contributed by atoms with van der Waals surface area (Å²) in [5, 5.41) is 9.38. The van der Waals surface area contributed by atoms with Crippen LogP contribution in [0.5, 0.6) is 0 Å². The Morgan fingerprint density at radius 3 is 2.27 bits per heavy atom. The molecule has 0 aromatic rings. The molecule has 2 fully saturated rings. The zero-order valence-corrected chi connectivity index (χ0v) is 9.91. The molecular formula is C10H19NO3S. The second-order valence-corrected chi connectivity index (χ2v) is 6.88. The van der Waals surface area contributed by atoms with Gasteiger partial charge in [-0.15, -0.1) is 0 Å². The lowest BCUT2D eigenvalue weighted by atomic mass is 9.93. The average molecular weight is 233 g/mol. The lowest BCUT2D eigenvalue weighted by Gasteiger charge is -2.31. The van der Waals surface area contributed by atoms with Crippen LogP contribution in [-0.2, 0) is 10.0 Å². The Balaban J connectivity index is 2.05. The van der Waals surface area contributed by atoms with E-state index in [9.17, 15) is 13.5 Å². The highest BCUT2D eigenvalue weighted by molar-refractivity contribution is 7.89. The van der Waals surface area contributed by atoms with Gasteiger partial charge in [0, 0.05) is 12.6 Å². The third-order valence-corrected chi connectivity index (χ3v) is 5.57. The molecule has 1 unspecified atom stereocenters. The molecule has 1 atom stereocenters. The molecule has 2 aliphatic rings. The van der Waals surface area contributed by atoms with E-state index in [-0.39, 0.29) is 18.1 Å². The van der Waals surface area contributed by atoms with Crippen molar-refractivity contribution < 1.29 is 13.5 Å². The monoisotopic (exact) mass is 233 g/mol. The predicted octanol–water partition coefficient (Wildman–Crippen LogP) is 0.571. The van der Waals surface area contributed by atoms with Gasteiger partial charge in [-0.1, -0.05) is 6.92 Å². The summed E-state index contributed by atoms with van der Waals surface area (Å²) in [6.07, 6.45) is 2.89. The molecule has 0 aromatic heterocycles. The van der Waals surface area contributed by atoms with Crippen LogP contribution in [0.3, 0.4) is 0 Å². The van der Waals surface area contributed by atoms with E-state index in [4.69, 9.17) is 0 Å². The van der Waals surface area contributed by atoms with Crippen LogP contribution >= 0.6 is 0 Å². The molecular weight excluding hydrogens is 214 g/mol. The predicted molar refractivity (Wildman–Crippen MR) is 57.9 cm³/mol. The molecule has 1 aliphatic carbocycles. The molecule has 0 spiro atoms. The van der Waals surface area contributed by atoms with Crippen molar-refractivity contribution in [2.45, 2.75) is 44.8 Å². The molecule has 0 amide bonds. The van der Waals surface area contributed by atoms with E-state index in [1.54, 1.807) is 4.31 Å². The van der Waals surface area contributed by atoms with Gasteiger partial charge < -0.3 is 5.11 Å². The molecule has 4 nitrogen and oxygen atoms in total. The molecule has 15 heavy (non-hydrogen) atoms. The SMILES string of the molecule is CC1CN(C2CCC(O)CC2)S(=O)(=O)C1. The minimum Gasteiger partial charge on any atom is -0.393 e. The maximum atomic E-state index is 11.8. The summed E-state index contributed by atoms with van der Waals surface area (Å²) < 4.78 is 25.3. The number of aliphatic hydroxyl groups is 1. The van der Waals surface area contributed by atoms with Crippen molar-refractivity contribution >= 4 is 10.0 Å². The van der Waals surface area contributed by atoms with Crippen LogP contribution in [0.15, 0.2) is 0 Å². The van der Waals surface area contributed by atoms with Crippen LogP contribution in [0.25, 0.3) is 0 Å². The van der Waals surface area contributed by atoms with Crippen molar-refractivity contribution in [3.63, 3.8) is 0 Å². The minimum absolute atomic E-state index is 0.142. The van der Waals surface area contributed by atoms with Crippen molar-refractivity contribution in [2.75, 3.05) is 12.3 Å². The van der Waals surface area contributed by atoms with Gasteiger partial charge >= 0.3 is 0 Å². The summed E-state index contributed by atoms with van der Waals surface area (Å²) in [6, 6.07) is 0.142. The van der Waals surface area contributed by atoms with Gasteiger partial charge in [0.15, 0.2) is 0 Å². The molecule has 0 radical (unpaired) electrons. The minimum atomic E-state index is -3.00. The Morgan fingerprint density at radius 1 is 1.20 bits per heavy atom. The van der Waals surface area contributed by atoms with Crippen molar-refractivity contribution in [1.29, 1.82) is 0 Å². The maximum absolute atomic E-state index is 11.8. The van der Waals surface area contributed by atoms with E-state index in [0.717, 1.165) is 25.7 Å². The van der Waals surface area contributed by atoms with Crippen LogP contribution in [-0.4, -0.2) is 42.3 Å². The number of hydrogen-bond acceptors (Lipinski definition) is 3. The average Bonchev–Trinajstić information content (AvgIpc) is 2.41. The van der Waals surface area contributed by atoms with Crippen LogP contribution < -0.4 is 0 Å². The quantitative estimate of drug-likeness (QED) is 0.720. The molecule has 1 saturated carbocycles. The zero-order valence-electron chi connectivity index (χ0n) is 9.09. The van der Waals surface area contributed by atoms with Gasteiger partial charge in [0.25, 0.3) is 0 Å². The second-order valence-electron chi connectivity index (χ2n) is 4.92. The molecule has 0 aromatic carbocycles. The Bertz CT molecular complexity index is 320. The molecule has 1 saturated heterocycles. The molecule has 5 heteroatoms. The Hall–Kier alpha value is -0.130. The number of aliphatic hydroxyl groups excluding tert-OH is 1. The fraction of sp³-hybridized carbons (Fsp3) is 1.00. The smallest absolute Gasteiger partial charge is 0.214 e.